The molecule has 19 heavy (non-hydrogen) atoms. The molecule has 0 saturated heterocycles. The summed E-state index contributed by atoms with van der Waals surface area (Å²) >= 11 is 10.7. The van der Waals surface area contributed by atoms with E-state index in [1.165, 1.54) is 24.3 Å². The number of hydrogen-bond acceptors (Lipinski definition) is 4. The number of alkyl halides is 2. The van der Waals surface area contributed by atoms with Gasteiger partial charge in [0.25, 0.3) is 0 Å². The monoisotopic (exact) mass is 304 g/mol. The Morgan fingerprint density at radius 3 is 2.42 bits per heavy atom. The smallest absolute Gasteiger partial charge is 0.385 e. The Morgan fingerprint density at radius 1 is 1.42 bits per heavy atom. The maximum Gasteiger partial charge on any atom is 0.385 e. The molecule has 0 bridgehead atoms. The van der Waals surface area contributed by atoms with Gasteiger partial charge in [-0.15, -0.1) is 0 Å². The summed E-state index contributed by atoms with van der Waals surface area (Å²) in [7, 11) is 0. The Hall–Kier alpha value is -1.39. The summed E-state index contributed by atoms with van der Waals surface area (Å²) in [6.45, 7) is -0.292. The first-order valence-electron chi connectivity index (χ1n) is 5.30. The second-order valence-electron chi connectivity index (χ2n) is 3.68. The van der Waals surface area contributed by atoms with Crippen molar-refractivity contribution in [3.05, 3.63) is 34.8 Å². The van der Waals surface area contributed by atoms with Crippen LogP contribution in [0.25, 0.3) is 4.98 Å². The summed E-state index contributed by atoms with van der Waals surface area (Å²) in [6, 6.07) is 5.03. The van der Waals surface area contributed by atoms with E-state index >= 15 is 0 Å². The minimum absolute atomic E-state index is 0.292. The molecule has 0 fully saturated rings. The molecular weight excluding hydrogens is 293 g/mol. The first kappa shape index (κ1) is 15.7. The van der Waals surface area contributed by atoms with E-state index in [0.29, 0.717) is 11.3 Å². The molecule has 0 spiro atoms. The lowest BCUT2D eigenvalue weighted by molar-refractivity contribution is -0.217. The van der Waals surface area contributed by atoms with E-state index in [0.717, 1.165) is 0 Å². The van der Waals surface area contributed by atoms with Gasteiger partial charge >= 0.3 is 5.69 Å². The van der Waals surface area contributed by atoms with Gasteiger partial charge in [0.15, 0.2) is 11.6 Å². The first-order valence-corrected chi connectivity index (χ1v) is 6.17. The van der Waals surface area contributed by atoms with Gasteiger partial charge in [-0.2, -0.15) is 0 Å². The van der Waals surface area contributed by atoms with Crippen LogP contribution in [0.1, 0.15) is 11.7 Å². The van der Waals surface area contributed by atoms with E-state index in [1.54, 1.807) is 0 Å². The standard InChI is InChI=1S/C11H11Cl2N3O3/c12-10(13)11(19)15-8(5-17)9(18)6-1-3-7(16-14)4-2-6/h1-4,8-10,17-18H,5H2/p+1/t8-,9-/m1/s1. The summed E-state index contributed by atoms with van der Waals surface area (Å²) in [5.41, 5.74) is 0.773. The predicted octanol–water partition coefficient (Wildman–Crippen LogP) is 0.860. The van der Waals surface area contributed by atoms with Crippen molar-refractivity contribution in [1.82, 2.24) is 0 Å². The minimum atomic E-state index is -1.31. The Morgan fingerprint density at radius 2 is 2.00 bits per heavy atom. The molecular formula is C11H12Cl2N3O3+. The zero-order chi connectivity index (χ0) is 14.4. The highest BCUT2D eigenvalue weighted by Gasteiger charge is 2.22. The van der Waals surface area contributed by atoms with E-state index in [2.05, 4.69) is 9.97 Å². The third kappa shape index (κ3) is 4.33. The fourth-order valence-corrected chi connectivity index (χ4v) is 1.52. The van der Waals surface area contributed by atoms with Crippen LogP contribution >= 0.6 is 23.2 Å². The third-order valence-electron chi connectivity index (χ3n) is 2.40. The quantitative estimate of drug-likeness (QED) is 0.286. The molecule has 8 heteroatoms. The summed E-state index contributed by atoms with van der Waals surface area (Å²) in [6.07, 6.45) is -1.14. The molecule has 1 aromatic carbocycles. The molecule has 0 heterocycles. The molecule has 6 nitrogen and oxygen atoms in total. The summed E-state index contributed by atoms with van der Waals surface area (Å²) in [5.74, 6) is -0.790. The van der Waals surface area contributed by atoms with Crippen LogP contribution in [0.4, 0.5) is 5.69 Å². The SMILES string of the molecule is N#[N+]c1ccc([C@@H](O)[C@@H](C[OH2+])N=C([O-])C(Cl)Cl)cc1. The van der Waals surface area contributed by atoms with Gasteiger partial charge in [-0.3, -0.25) is 4.99 Å². The molecule has 0 aliphatic rings. The van der Waals surface area contributed by atoms with Gasteiger partial charge in [0, 0.05) is 12.1 Å². The van der Waals surface area contributed by atoms with Gasteiger partial charge < -0.3 is 15.3 Å². The highest BCUT2D eigenvalue weighted by atomic mass is 35.5. The number of nitrogens with zero attached hydrogens (tertiary/aromatic N) is 3. The maximum atomic E-state index is 11.3. The summed E-state index contributed by atoms with van der Waals surface area (Å²) < 4.78 is 0. The van der Waals surface area contributed by atoms with Crippen LogP contribution in [0.2, 0.25) is 0 Å². The van der Waals surface area contributed by atoms with Crippen LogP contribution in [-0.2, 0) is 0 Å². The van der Waals surface area contributed by atoms with Crippen molar-refractivity contribution in [2.75, 3.05) is 6.61 Å². The number of aliphatic hydroxyl groups excluding tert-OH is 1. The normalized spacial score (nSPS) is 15.1. The average molecular weight is 305 g/mol. The predicted molar refractivity (Wildman–Crippen MR) is 71.3 cm³/mol. The van der Waals surface area contributed by atoms with E-state index in [-0.39, 0.29) is 6.61 Å². The Bertz CT molecular complexity index is 485. The van der Waals surface area contributed by atoms with Gasteiger partial charge in [-0.1, -0.05) is 23.2 Å². The number of aliphatic imine (C=N–C) groups is 1. The van der Waals surface area contributed by atoms with Crippen LogP contribution in [0.3, 0.4) is 0 Å². The fraction of sp³-hybridized carbons (Fsp3) is 0.364. The highest BCUT2D eigenvalue weighted by Crippen LogP contribution is 2.22. The van der Waals surface area contributed by atoms with Gasteiger partial charge in [-0.25, -0.2) is 0 Å². The molecule has 1 rings (SSSR count). The third-order valence-corrected chi connectivity index (χ3v) is 2.78. The van der Waals surface area contributed by atoms with Crippen molar-refractivity contribution >= 4 is 34.8 Å². The van der Waals surface area contributed by atoms with Crippen molar-refractivity contribution in [1.29, 1.82) is 5.39 Å². The molecule has 102 valence electrons. The summed E-state index contributed by atoms with van der Waals surface area (Å²) in [5, 5.41) is 37.1. The number of hydrogen-bond donors (Lipinski definition) is 1. The van der Waals surface area contributed by atoms with Crippen LogP contribution in [0, 0.1) is 5.39 Å². The molecule has 0 unspecified atom stereocenters. The lowest BCUT2D eigenvalue weighted by Crippen LogP contribution is -2.30. The van der Waals surface area contributed by atoms with E-state index in [9.17, 15) is 10.2 Å². The Balaban J connectivity index is 2.92. The largest absolute Gasteiger partial charge is 0.860 e. The van der Waals surface area contributed by atoms with Crippen molar-refractivity contribution in [2.45, 2.75) is 17.0 Å². The second kappa shape index (κ2) is 7.26. The molecule has 0 saturated carbocycles. The van der Waals surface area contributed by atoms with Gasteiger partial charge in [0.2, 0.25) is 5.39 Å². The molecule has 2 atom stereocenters. The van der Waals surface area contributed by atoms with E-state index < -0.39 is 22.9 Å². The zero-order valence-electron chi connectivity index (χ0n) is 9.70. The van der Waals surface area contributed by atoms with Gasteiger partial charge in [0.05, 0.1) is 0 Å². The number of benzene rings is 1. The molecule has 0 aromatic heterocycles. The van der Waals surface area contributed by atoms with E-state index in [1.807, 2.05) is 0 Å². The van der Waals surface area contributed by atoms with Crippen molar-refractivity contribution in [3.8, 4) is 0 Å². The first-order chi connectivity index (χ1) is 8.99. The number of diazo groups is 1. The summed E-state index contributed by atoms with van der Waals surface area (Å²) in [4.78, 5) is 5.27. The van der Waals surface area contributed by atoms with E-state index in [4.69, 9.17) is 33.7 Å². The van der Waals surface area contributed by atoms with Crippen molar-refractivity contribution in [2.24, 2.45) is 4.99 Å². The van der Waals surface area contributed by atoms with Crippen LogP contribution in [-0.4, -0.2) is 33.6 Å². The number of halogens is 2. The molecule has 0 aliphatic heterocycles. The number of aliphatic hydroxyl groups is 1. The second-order valence-corrected chi connectivity index (χ2v) is 4.77. The van der Waals surface area contributed by atoms with Crippen molar-refractivity contribution in [3.63, 3.8) is 0 Å². The average Bonchev–Trinajstić information content (AvgIpc) is 2.43. The molecule has 0 aliphatic carbocycles. The van der Waals surface area contributed by atoms with Crippen molar-refractivity contribution < 1.29 is 15.3 Å². The van der Waals surface area contributed by atoms with Crippen LogP contribution < -0.4 is 5.11 Å². The maximum absolute atomic E-state index is 11.3. The Kier molecular flexibility index (Phi) is 5.99. The van der Waals surface area contributed by atoms with Gasteiger partial charge in [0.1, 0.15) is 17.0 Å². The highest BCUT2D eigenvalue weighted by molar-refractivity contribution is 6.53. The minimum Gasteiger partial charge on any atom is -0.860 e. The number of rotatable bonds is 5. The molecule has 3 N–H and O–H groups in total. The molecule has 0 amide bonds. The lowest BCUT2D eigenvalue weighted by Gasteiger charge is -2.20. The molecule has 1 aromatic rings. The zero-order valence-corrected chi connectivity index (χ0v) is 11.2. The van der Waals surface area contributed by atoms with Crippen LogP contribution in [0.5, 0.6) is 0 Å². The fourth-order valence-electron chi connectivity index (χ4n) is 1.41. The lowest BCUT2D eigenvalue weighted by atomic mass is 10.0. The Labute approximate surface area is 119 Å². The topological polar surface area (TPSA) is 107 Å². The molecule has 0 radical (unpaired) electrons. The van der Waals surface area contributed by atoms with Crippen LogP contribution in [0.15, 0.2) is 29.3 Å². The van der Waals surface area contributed by atoms with Gasteiger partial charge in [-0.05, 0) is 23.6 Å².